The Hall–Kier alpha value is -2.26. The number of fused-ring (bicyclic) bond motifs is 3. The molecule has 0 unspecified atom stereocenters. The van der Waals surface area contributed by atoms with E-state index in [0.717, 1.165) is 29.6 Å². The number of nitrogens with zero attached hydrogens (tertiary/aromatic N) is 2. The zero-order valence-corrected chi connectivity index (χ0v) is 12.3. The molecule has 2 aromatic carbocycles. The first kappa shape index (κ1) is 12.5. The molecule has 0 amide bonds. The molecule has 0 fully saturated rings. The summed E-state index contributed by atoms with van der Waals surface area (Å²) in [5, 5.41) is 1.21. The molecule has 0 atom stereocenters. The van der Waals surface area contributed by atoms with Crippen molar-refractivity contribution in [2.45, 2.75) is 12.8 Å². The van der Waals surface area contributed by atoms with Crippen LogP contribution in [0.25, 0.3) is 21.1 Å². The van der Waals surface area contributed by atoms with E-state index < -0.39 is 0 Å². The Labute approximate surface area is 127 Å². The molecule has 2 heterocycles. The Morgan fingerprint density at radius 3 is 2.57 bits per heavy atom. The van der Waals surface area contributed by atoms with E-state index in [1.54, 1.807) is 11.3 Å². The minimum absolute atomic E-state index is 0.926. The number of aryl methyl sites for hydroxylation is 2. The standard InChI is InChI=1S/C18H14N2S/c1-2-6-13(7-3-1)10-11-16-17-18(21-12-19-17)14-8-4-5-9-15(14)20-16/h1-9,12H,10-11H2. The molecule has 2 nitrogen and oxygen atoms in total. The molecule has 0 radical (unpaired) electrons. The Balaban J connectivity index is 1.78. The van der Waals surface area contributed by atoms with Gasteiger partial charge in [-0.05, 0) is 24.5 Å². The summed E-state index contributed by atoms with van der Waals surface area (Å²) in [6, 6.07) is 18.9. The smallest absolute Gasteiger partial charge is 0.103 e. The van der Waals surface area contributed by atoms with Gasteiger partial charge in [-0.15, -0.1) is 11.3 Å². The molecule has 3 heteroatoms. The minimum Gasteiger partial charge on any atom is -0.250 e. The molecule has 21 heavy (non-hydrogen) atoms. The average Bonchev–Trinajstić information content (AvgIpc) is 3.04. The maximum atomic E-state index is 4.83. The lowest BCUT2D eigenvalue weighted by atomic mass is 10.1. The van der Waals surface area contributed by atoms with E-state index in [2.05, 4.69) is 53.5 Å². The van der Waals surface area contributed by atoms with E-state index in [0.29, 0.717) is 0 Å². The molecule has 0 saturated carbocycles. The summed E-state index contributed by atoms with van der Waals surface area (Å²) in [6.45, 7) is 0. The maximum Gasteiger partial charge on any atom is 0.103 e. The van der Waals surface area contributed by atoms with Gasteiger partial charge in [-0.3, -0.25) is 4.98 Å². The second-order valence-electron chi connectivity index (χ2n) is 5.09. The molecule has 4 rings (SSSR count). The molecule has 0 bridgehead atoms. The molecular weight excluding hydrogens is 276 g/mol. The third-order valence-corrected chi connectivity index (χ3v) is 4.60. The number of benzene rings is 2. The van der Waals surface area contributed by atoms with E-state index in [9.17, 15) is 0 Å². The van der Waals surface area contributed by atoms with Crippen LogP contribution in [0.5, 0.6) is 0 Å². The van der Waals surface area contributed by atoms with Gasteiger partial charge < -0.3 is 0 Å². The fourth-order valence-electron chi connectivity index (χ4n) is 2.69. The monoisotopic (exact) mass is 290 g/mol. The largest absolute Gasteiger partial charge is 0.250 e. The number of hydrogen-bond donors (Lipinski definition) is 0. The van der Waals surface area contributed by atoms with Crippen LogP contribution in [-0.4, -0.2) is 9.97 Å². The highest BCUT2D eigenvalue weighted by atomic mass is 32.1. The van der Waals surface area contributed by atoms with Crippen molar-refractivity contribution in [1.29, 1.82) is 0 Å². The van der Waals surface area contributed by atoms with Crippen LogP contribution in [0.15, 0.2) is 60.1 Å². The number of para-hydroxylation sites is 1. The van der Waals surface area contributed by atoms with E-state index in [1.165, 1.54) is 15.6 Å². The lowest BCUT2D eigenvalue weighted by Gasteiger charge is -2.05. The van der Waals surface area contributed by atoms with Crippen LogP contribution in [0.3, 0.4) is 0 Å². The first-order valence-corrected chi connectivity index (χ1v) is 7.94. The summed E-state index contributed by atoms with van der Waals surface area (Å²) in [5.74, 6) is 0. The molecule has 102 valence electrons. The fraction of sp³-hybridized carbons (Fsp3) is 0.111. The van der Waals surface area contributed by atoms with Crippen LogP contribution in [0.1, 0.15) is 11.3 Å². The highest BCUT2D eigenvalue weighted by Gasteiger charge is 2.10. The van der Waals surface area contributed by atoms with Crippen molar-refractivity contribution in [2.24, 2.45) is 0 Å². The minimum atomic E-state index is 0.926. The van der Waals surface area contributed by atoms with E-state index in [1.807, 2.05) is 11.6 Å². The molecule has 0 aliphatic rings. The van der Waals surface area contributed by atoms with E-state index in [4.69, 9.17) is 4.98 Å². The predicted molar refractivity (Wildman–Crippen MR) is 88.8 cm³/mol. The van der Waals surface area contributed by atoms with Crippen molar-refractivity contribution in [3.63, 3.8) is 0 Å². The third-order valence-electron chi connectivity index (χ3n) is 3.74. The molecular formula is C18H14N2S. The molecule has 0 aliphatic heterocycles. The van der Waals surface area contributed by atoms with Gasteiger partial charge in [0.1, 0.15) is 5.52 Å². The first-order chi connectivity index (χ1) is 10.4. The predicted octanol–water partition coefficient (Wildman–Crippen LogP) is 4.63. The van der Waals surface area contributed by atoms with E-state index in [-0.39, 0.29) is 0 Å². The lowest BCUT2D eigenvalue weighted by Crippen LogP contribution is -1.96. The average molecular weight is 290 g/mol. The van der Waals surface area contributed by atoms with Crippen LogP contribution in [0.2, 0.25) is 0 Å². The summed E-state index contributed by atoms with van der Waals surface area (Å²) in [6.07, 6.45) is 1.92. The highest BCUT2D eigenvalue weighted by Crippen LogP contribution is 2.29. The molecule has 0 spiro atoms. The van der Waals surface area contributed by atoms with Crippen molar-refractivity contribution in [1.82, 2.24) is 9.97 Å². The molecule has 2 aromatic heterocycles. The summed E-state index contributed by atoms with van der Waals surface area (Å²) in [5.41, 5.74) is 6.50. The Kier molecular flexibility index (Phi) is 3.13. The second-order valence-corrected chi connectivity index (χ2v) is 5.95. The summed E-state index contributed by atoms with van der Waals surface area (Å²) >= 11 is 1.70. The van der Waals surface area contributed by atoms with Gasteiger partial charge in [-0.2, -0.15) is 0 Å². The number of pyridine rings is 1. The Bertz CT molecular complexity index is 897. The van der Waals surface area contributed by atoms with Gasteiger partial charge in [0.05, 0.1) is 21.4 Å². The van der Waals surface area contributed by atoms with Crippen LogP contribution >= 0.6 is 11.3 Å². The van der Waals surface area contributed by atoms with Crippen molar-refractivity contribution in [3.05, 3.63) is 71.4 Å². The van der Waals surface area contributed by atoms with Crippen LogP contribution in [0, 0.1) is 0 Å². The number of aromatic nitrogens is 2. The van der Waals surface area contributed by atoms with Crippen molar-refractivity contribution in [3.8, 4) is 0 Å². The van der Waals surface area contributed by atoms with Crippen molar-refractivity contribution >= 4 is 32.5 Å². The van der Waals surface area contributed by atoms with Gasteiger partial charge in [-0.1, -0.05) is 48.5 Å². The Morgan fingerprint density at radius 1 is 0.857 bits per heavy atom. The quantitative estimate of drug-likeness (QED) is 0.550. The van der Waals surface area contributed by atoms with Crippen LogP contribution < -0.4 is 0 Å². The number of rotatable bonds is 3. The topological polar surface area (TPSA) is 25.8 Å². The fourth-order valence-corrected chi connectivity index (χ4v) is 3.53. The molecule has 0 aliphatic carbocycles. The SMILES string of the molecule is c1ccc(CCc2nc3ccccc3c3scnc23)cc1. The highest BCUT2D eigenvalue weighted by molar-refractivity contribution is 7.17. The maximum absolute atomic E-state index is 4.83. The normalized spacial score (nSPS) is 11.2. The summed E-state index contributed by atoms with van der Waals surface area (Å²) in [7, 11) is 0. The van der Waals surface area contributed by atoms with Gasteiger partial charge in [0.2, 0.25) is 0 Å². The molecule has 0 saturated heterocycles. The van der Waals surface area contributed by atoms with Gasteiger partial charge in [0, 0.05) is 5.39 Å². The van der Waals surface area contributed by atoms with E-state index >= 15 is 0 Å². The zero-order valence-electron chi connectivity index (χ0n) is 11.5. The number of thiazole rings is 1. The lowest BCUT2D eigenvalue weighted by molar-refractivity contribution is 0.930. The number of hydrogen-bond acceptors (Lipinski definition) is 3. The summed E-state index contributed by atoms with van der Waals surface area (Å²) in [4.78, 5) is 9.37. The van der Waals surface area contributed by atoms with Gasteiger partial charge >= 0.3 is 0 Å². The van der Waals surface area contributed by atoms with Gasteiger partial charge in [-0.25, -0.2) is 4.98 Å². The van der Waals surface area contributed by atoms with Crippen molar-refractivity contribution in [2.75, 3.05) is 0 Å². The second kappa shape index (κ2) is 5.26. The van der Waals surface area contributed by atoms with Crippen LogP contribution in [0.4, 0.5) is 0 Å². The van der Waals surface area contributed by atoms with Gasteiger partial charge in [0.15, 0.2) is 0 Å². The zero-order chi connectivity index (χ0) is 14.1. The third kappa shape index (κ3) is 2.30. The molecule has 0 N–H and O–H groups in total. The summed E-state index contributed by atoms with van der Waals surface area (Å²) < 4.78 is 1.25. The van der Waals surface area contributed by atoms with Gasteiger partial charge in [0.25, 0.3) is 0 Å². The van der Waals surface area contributed by atoms with Crippen LogP contribution in [-0.2, 0) is 12.8 Å². The Morgan fingerprint density at radius 2 is 1.67 bits per heavy atom. The molecule has 4 aromatic rings. The first-order valence-electron chi connectivity index (χ1n) is 7.06. The van der Waals surface area contributed by atoms with Crippen molar-refractivity contribution < 1.29 is 0 Å².